The molecule has 3 aliphatic heterocycles. The predicted molar refractivity (Wildman–Crippen MR) is 106 cm³/mol. The van der Waals surface area contributed by atoms with E-state index in [2.05, 4.69) is 37.1 Å². The van der Waals surface area contributed by atoms with Gasteiger partial charge >= 0.3 is 0 Å². The molecule has 4 nitrogen and oxygen atoms in total. The van der Waals surface area contributed by atoms with Crippen molar-refractivity contribution in [3.63, 3.8) is 0 Å². The van der Waals surface area contributed by atoms with Gasteiger partial charge in [0.25, 0.3) is 0 Å². The lowest BCUT2D eigenvalue weighted by molar-refractivity contribution is -0.212. The number of nitrogens with zero attached hydrogens (tertiary/aromatic N) is 2. The molecule has 3 heterocycles. The normalized spacial score (nSPS) is 28.3. The minimum absolute atomic E-state index is 0.189. The third-order valence-corrected chi connectivity index (χ3v) is 6.02. The highest BCUT2D eigenvalue weighted by Crippen LogP contribution is 2.51. The number of rotatable bonds is 1. The lowest BCUT2D eigenvalue weighted by Crippen LogP contribution is -2.60. The number of fused-ring (bicyclic) bond motifs is 4. The number of halogens is 1. The van der Waals surface area contributed by atoms with Crippen LogP contribution in [0.15, 0.2) is 53.6 Å². The summed E-state index contributed by atoms with van der Waals surface area (Å²) in [5.74, 6) is 0.976. The van der Waals surface area contributed by atoms with Crippen molar-refractivity contribution < 1.29 is 9.47 Å². The van der Waals surface area contributed by atoms with Crippen molar-refractivity contribution in [2.45, 2.75) is 50.5 Å². The van der Waals surface area contributed by atoms with Gasteiger partial charge < -0.3 is 9.47 Å². The van der Waals surface area contributed by atoms with Crippen molar-refractivity contribution in [1.29, 1.82) is 0 Å². The molecule has 0 aromatic heterocycles. The van der Waals surface area contributed by atoms with Crippen molar-refractivity contribution in [3.05, 3.63) is 64.7 Å². The molecule has 27 heavy (non-hydrogen) atoms. The molecule has 2 aromatic carbocycles. The topological polar surface area (TPSA) is 34.1 Å². The van der Waals surface area contributed by atoms with Crippen LogP contribution in [-0.2, 0) is 4.74 Å². The number of hydrogen-bond donors (Lipinski definition) is 0. The summed E-state index contributed by atoms with van der Waals surface area (Å²) in [6, 6.07) is 16.5. The van der Waals surface area contributed by atoms with E-state index in [0.29, 0.717) is 6.61 Å². The quantitative estimate of drug-likeness (QED) is 0.682. The second kappa shape index (κ2) is 5.98. The fraction of sp³-hybridized carbons (Fsp3) is 0.409. The van der Waals surface area contributed by atoms with Crippen LogP contribution in [0.2, 0.25) is 5.02 Å². The molecule has 2 atom stereocenters. The maximum atomic E-state index is 6.63. The molecule has 5 rings (SSSR count). The van der Waals surface area contributed by atoms with E-state index in [0.717, 1.165) is 41.3 Å². The molecule has 0 unspecified atom stereocenters. The van der Waals surface area contributed by atoms with Gasteiger partial charge in [-0.25, -0.2) is 5.01 Å². The highest BCUT2D eigenvalue weighted by molar-refractivity contribution is 6.30. The van der Waals surface area contributed by atoms with Gasteiger partial charge in [-0.2, -0.15) is 5.10 Å². The first kappa shape index (κ1) is 17.1. The van der Waals surface area contributed by atoms with Gasteiger partial charge in [0.1, 0.15) is 5.75 Å². The smallest absolute Gasteiger partial charge is 0.203 e. The van der Waals surface area contributed by atoms with Crippen LogP contribution in [0.1, 0.15) is 50.3 Å². The van der Waals surface area contributed by atoms with E-state index in [1.807, 2.05) is 30.3 Å². The van der Waals surface area contributed by atoms with Crippen molar-refractivity contribution in [1.82, 2.24) is 5.01 Å². The molecule has 2 aromatic rings. The first-order valence-electron chi connectivity index (χ1n) is 9.51. The Morgan fingerprint density at radius 2 is 1.89 bits per heavy atom. The monoisotopic (exact) mass is 382 g/mol. The molecule has 0 bridgehead atoms. The maximum Gasteiger partial charge on any atom is 0.203 e. The van der Waals surface area contributed by atoms with Crippen LogP contribution >= 0.6 is 11.6 Å². The zero-order valence-electron chi connectivity index (χ0n) is 15.6. The van der Waals surface area contributed by atoms with Crippen molar-refractivity contribution in [2.24, 2.45) is 5.10 Å². The fourth-order valence-corrected chi connectivity index (χ4v) is 4.75. The highest BCUT2D eigenvalue weighted by atomic mass is 35.5. The molecule has 0 saturated carbocycles. The molecule has 0 aliphatic carbocycles. The van der Waals surface area contributed by atoms with E-state index in [-0.39, 0.29) is 11.6 Å². The zero-order valence-corrected chi connectivity index (χ0v) is 16.4. The van der Waals surface area contributed by atoms with Crippen LogP contribution in [0.25, 0.3) is 0 Å². The van der Waals surface area contributed by atoms with Gasteiger partial charge in [-0.05, 0) is 37.6 Å². The highest BCUT2D eigenvalue weighted by Gasteiger charge is 2.54. The van der Waals surface area contributed by atoms with Gasteiger partial charge in [0, 0.05) is 29.8 Å². The number of ether oxygens (including phenoxy) is 2. The number of hydrazone groups is 1. The Balaban J connectivity index is 1.60. The summed E-state index contributed by atoms with van der Waals surface area (Å²) in [4.78, 5) is 0. The van der Waals surface area contributed by atoms with Crippen LogP contribution in [0.4, 0.5) is 0 Å². The van der Waals surface area contributed by atoms with E-state index in [9.17, 15) is 0 Å². The first-order chi connectivity index (χ1) is 13.0. The Morgan fingerprint density at radius 3 is 2.67 bits per heavy atom. The molecule has 0 amide bonds. The van der Waals surface area contributed by atoms with E-state index >= 15 is 0 Å². The van der Waals surface area contributed by atoms with Crippen LogP contribution < -0.4 is 4.74 Å². The Kier molecular flexibility index (Phi) is 3.78. The summed E-state index contributed by atoms with van der Waals surface area (Å²) in [7, 11) is 0. The lowest BCUT2D eigenvalue weighted by atomic mass is 9.86. The van der Waals surface area contributed by atoms with E-state index in [4.69, 9.17) is 26.2 Å². The Morgan fingerprint density at radius 1 is 1.11 bits per heavy atom. The Bertz CT molecular complexity index is 909. The van der Waals surface area contributed by atoms with Gasteiger partial charge in [-0.3, -0.25) is 0 Å². The summed E-state index contributed by atoms with van der Waals surface area (Å²) < 4.78 is 12.6. The Labute approximate surface area is 164 Å². The van der Waals surface area contributed by atoms with Crippen LogP contribution in [0.3, 0.4) is 0 Å². The predicted octanol–water partition coefficient (Wildman–Crippen LogP) is 5.17. The molecule has 1 saturated heterocycles. The molecular formula is C22H23ClN2O2. The van der Waals surface area contributed by atoms with Gasteiger partial charge in [-0.15, -0.1) is 0 Å². The van der Waals surface area contributed by atoms with Crippen LogP contribution in [0, 0.1) is 0 Å². The lowest BCUT2D eigenvalue weighted by Gasteiger charge is -2.52. The SMILES string of the molecule is CC1(C)C[C@]2(CCO1)Oc1ccccc1[C@@H]1CC(c3ccc(Cl)cc3)=NN12. The molecule has 0 radical (unpaired) electrons. The van der Waals surface area contributed by atoms with Crippen LogP contribution in [-0.4, -0.2) is 28.7 Å². The second-order valence-electron chi connectivity index (χ2n) is 8.24. The maximum absolute atomic E-state index is 6.63. The largest absolute Gasteiger partial charge is 0.466 e. The van der Waals surface area contributed by atoms with E-state index in [1.54, 1.807) is 0 Å². The van der Waals surface area contributed by atoms with Crippen LogP contribution in [0.5, 0.6) is 5.75 Å². The number of hydrogen-bond acceptors (Lipinski definition) is 4. The first-order valence-corrected chi connectivity index (χ1v) is 9.88. The summed E-state index contributed by atoms with van der Waals surface area (Å²) in [6.07, 6.45) is 2.45. The molecular weight excluding hydrogens is 360 g/mol. The molecule has 0 N–H and O–H groups in total. The van der Waals surface area contributed by atoms with Crippen molar-refractivity contribution >= 4 is 17.3 Å². The molecule has 140 valence electrons. The summed E-state index contributed by atoms with van der Waals surface area (Å²) in [5, 5.41) is 8.03. The zero-order chi connectivity index (χ0) is 18.6. The third kappa shape index (κ3) is 2.82. The molecule has 5 heteroatoms. The standard InChI is InChI=1S/C22H23ClN2O2/c1-21(2)14-22(11-12-26-21)25-19(17-5-3-4-6-20(17)27-22)13-18(24-25)15-7-9-16(23)10-8-15/h3-10,19H,11-14H2,1-2H3/t19-,22-/m0/s1. The number of para-hydroxylation sites is 1. The summed E-state index contributed by atoms with van der Waals surface area (Å²) in [6.45, 7) is 4.93. The van der Waals surface area contributed by atoms with Gasteiger partial charge in [0.15, 0.2) is 0 Å². The van der Waals surface area contributed by atoms with Crippen molar-refractivity contribution in [2.75, 3.05) is 6.61 Å². The molecule has 1 spiro atoms. The van der Waals surface area contributed by atoms with Gasteiger partial charge in [-0.1, -0.05) is 41.9 Å². The fourth-order valence-electron chi connectivity index (χ4n) is 4.62. The summed E-state index contributed by atoms with van der Waals surface area (Å²) in [5.41, 5.74) is 2.70. The molecule has 3 aliphatic rings. The van der Waals surface area contributed by atoms with E-state index in [1.165, 1.54) is 5.56 Å². The second-order valence-corrected chi connectivity index (χ2v) is 8.68. The average Bonchev–Trinajstić information content (AvgIpc) is 3.08. The van der Waals surface area contributed by atoms with Crippen molar-refractivity contribution in [3.8, 4) is 5.75 Å². The van der Waals surface area contributed by atoms with E-state index < -0.39 is 5.72 Å². The summed E-state index contributed by atoms with van der Waals surface area (Å²) >= 11 is 6.07. The minimum Gasteiger partial charge on any atom is -0.466 e. The average molecular weight is 383 g/mol. The Hall–Kier alpha value is -2.04. The minimum atomic E-state index is -0.463. The van der Waals surface area contributed by atoms with Gasteiger partial charge in [0.05, 0.1) is 24.0 Å². The molecule has 1 fully saturated rings. The third-order valence-electron chi connectivity index (χ3n) is 5.77. The number of benzene rings is 2. The van der Waals surface area contributed by atoms with Gasteiger partial charge in [0.2, 0.25) is 5.72 Å².